The molecule has 0 bridgehead atoms. The average molecular weight is 280 g/mol. The lowest BCUT2D eigenvalue weighted by atomic mass is 10.3. The van der Waals surface area contributed by atoms with Crippen LogP contribution in [0.15, 0.2) is 24.3 Å². The van der Waals surface area contributed by atoms with Crippen molar-refractivity contribution in [2.45, 2.75) is 0 Å². The van der Waals surface area contributed by atoms with E-state index in [-0.39, 0.29) is 12.4 Å². The largest absolute Gasteiger partial charge is 0.491 e. The van der Waals surface area contributed by atoms with E-state index in [9.17, 15) is 8.42 Å². The fraction of sp³-hybridized carbons (Fsp3) is 0.400. The monoisotopic (exact) mass is 279 g/mol. The van der Waals surface area contributed by atoms with E-state index in [1.54, 1.807) is 24.3 Å². The van der Waals surface area contributed by atoms with Gasteiger partial charge >= 0.3 is 0 Å². The van der Waals surface area contributed by atoms with Crippen LogP contribution in [0.2, 0.25) is 5.02 Å². The van der Waals surface area contributed by atoms with Crippen molar-refractivity contribution in [1.29, 1.82) is 0 Å². The van der Waals surface area contributed by atoms with Crippen molar-refractivity contribution in [3.63, 3.8) is 0 Å². The highest BCUT2D eigenvalue weighted by atomic mass is 35.5. The molecule has 0 aromatic heterocycles. The third kappa shape index (κ3) is 7.17. The molecule has 0 heterocycles. The van der Waals surface area contributed by atoms with Crippen molar-refractivity contribution in [2.24, 2.45) is 5.14 Å². The van der Waals surface area contributed by atoms with Gasteiger partial charge in [0.05, 0.1) is 19.0 Å². The fourth-order valence-corrected chi connectivity index (χ4v) is 1.58. The zero-order valence-corrected chi connectivity index (χ0v) is 10.7. The maximum absolute atomic E-state index is 10.6. The van der Waals surface area contributed by atoms with Gasteiger partial charge in [-0.1, -0.05) is 17.7 Å². The van der Waals surface area contributed by atoms with E-state index in [0.717, 1.165) is 0 Å². The van der Waals surface area contributed by atoms with Gasteiger partial charge in [-0.3, -0.25) is 0 Å². The van der Waals surface area contributed by atoms with Crippen LogP contribution in [0.25, 0.3) is 0 Å². The molecule has 1 aromatic carbocycles. The number of primary sulfonamides is 1. The lowest BCUT2D eigenvalue weighted by molar-refractivity contribution is 0.111. The van der Waals surface area contributed by atoms with Crippen molar-refractivity contribution in [3.05, 3.63) is 29.3 Å². The van der Waals surface area contributed by atoms with E-state index in [0.29, 0.717) is 24.0 Å². The molecule has 0 fully saturated rings. The Labute approximate surface area is 106 Å². The Morgan fingerprint density at radius 1 is 1.24 bits per heavy atom. The Balaban J connectivity index is 2.13. The van der Waals surface area contributed by atoms with Crippen LogP contribution in [0.5, 0.6) is 5.75 Å². The van der Waals surface area contributed by atoms with Gasteiger partial charge in [-0.05, 0) is 18.2 Å². The van der Waals surface area contributed by atoms with Crippen molar-refractivity contribution < 1.29 is 17.9 Å². The molecule has 0 atom stereocenters. The summed E-state index contributed by atoms with van der Waals surface area (Å²) in [5, 5.41) is 5.40. The summed E-state index contributed by atoms with van der Waals surface area (Å²) in [6.45, 7) is 0.685. The van der Waals surface area contributed by atoms with Crippen molar-refractivity contribution in [2.75, 3.05) is 25.6 Å². The highest BCUT2D eigenvalue weighted by Gasteiger charge is 2.01. The predicted octanol–water partition coefficient (Wildman–Crippen LogP) is 1.02. The highest BCUT2D eigenvalue weighted by Crippen LogP contribution is 2.16. The van der Waals surface area contributed by atoms with Crippen LogP contribution in [0.4, 0.5) is 0 Å². The van der Waals surface area contributed by atoms with Gasteiger partial charge in [-0.25, -0.2) is 13.6 Å². The molecular weight excluding hydrogens is 266 g/mol. The minimum absolute atomic E-state index is 0.0672. The van der Waals surface area contributed by atoms with E-state index < -0.39 is 10.0 Å². The topological polar surface area (TPSA) is 78.6 Å². The molecule has 0 saturated heterocycles. The van der Waals surface area contributed by atoms with Gasteiger partial charge < -0.3 is 9.47 Å². The van der Waals surface area contributed by atoms with Gasteiger partial charge in [0.25, 0.3) is 0 Å². The first-order valence-electron chi connectivity index (χ1n) is 4.94. The van der Waals surface area contributed by atoms with E-state index >= 15 is 0 Å². The van der Waals surface area contributed by atoms with Crippen LogP contribution < -0.4 is 9.88 Å². The number of nitrogens with two attached hydrogens (primary N) is 1. The SMILES string of the molecule is NS(=O)(=O)CCOCCOc1cccc(Cl)c1. The summed E-state index contributed by atoms with van der Waals surface area (Å²) in [5.74, 6) is 0.456. The summed E-state index contributed by atoms with van der Waals surface area (Å²) in [7, 11) is -3.45. The molecule has 0 radical (unpaired) electrons. The number of ether oxygens (including phenoxy) is 2. The number of benzene rings is 1. The Kier molecular flexibility index (Phi) is 5.70. The molecule has 0 aliphatic carbocycles. The zero-order chi connectivity index (χ0) is 12.7. The number of hydrogen-bond acceptors (Lipinski definition) is 4. The first kappa shape index (κ1) is 14.2. The molecule has 0 spiro atoms. The van der Waals surface area contributed by atoms with Gasteiger partial charge in [-0.2, -0.15) is 0 Å². The van der Waals surface area contributed by atoms with Crippen LogP contribution in [-0.2, 0) is 14.8 Å². The minimum Gasteiger partial charge on any atom is -0.491 e. The smallest absolute Gasteiger partial charge is 0.211 e. The number of halogens is 1. The first-order valence-corrected chi connectivity index (χ1v) is 7.03. The van der Waals surface area contributed by atoms with E-state index in [2.05, 4.69) is 0 Å². The molecule has 0 amide bonds. The molecule has 1 rings (SSSR count). The summed E-state index contributed by atoms with van der Waals surface area (Å²) >= 11 is 5.77. The minimum atomic E-state index is -3.45. The second-order valence-electron chi connectivity index (χ2n) is 3.29. The molecular formula is C10H14ClNO4S. The van der Waals surface area contributed by atoms with Crippen LogP contribution in [-0.4, -0.2) is 34.0 Å². The lowest BCUT2D eigenvalue weighted by Gasteiger charge is -2.06. The number of hydrogen-bond donors (Lipinski definition) is 1. The van der Waals surface area contributed by atoms with Crippen molar-refractivity contribution >= 4 is 21.6 Å². The van der Waals surface area contributed by atoms with E-state index in [1.165, 1.54) is 0 Å². The molecule has 0 unspecified atom stereocenters. The summed E-state index contributed by atoms with van der Waals surface area (Å²) in [4.78, 5) is 0. The zero-order valence-electron chi connectivity index (χ0n) is 9.13. The molecule has 1 aromatic rings. The Morgan fingerprint density at radius 2 is 2.00 bits per heavy atom. The maximum Gasteiger partial charge on any atom is 0.211 e. The van der Waals surface area contributed by atoms with Crippen molar-refractivity contribution in [1.82, 2.24) is 0 Å². The van der Waals surface area contributed by atoms with Crippen LogP contribution in [0, 0.1) is 0 Å². The third-order valence-corrected chi connectivity index (χ3v) is 2.78. The fourth-order valence-electron chi connectivity index (χ4n) is 1.05. The Bertz CT molecular complexity index is 449. The number of sulfonamides is 1. The normalized spacial score (nSPS) is 11.4. The van der Waals surface area contributed by atoms with Gasteiger partial charge in [0, 0.05) is 5.02 Å². The molecule has 0 saturated carbocycles. The number of rotatable bonds is 7. The Morgan fingerprint density at radius 3 is 2.65 bits per heavy atom. The average Bonchev–Trinajstić information content (AvgIpc) is 2.22. The van der Waals surface area contributed by atoms with Gasteiger partial charge in [0.2, 0.25) is 10.0 Å². The van der Waals surface area contributed by atoms with Gasteiger partial charge in [-0.15, -0.1) is 0 Å². The van der Waals surface area contributed by atoms with Crippen LogP contribution in [0.3, 0.4) is 0 Å². The second kappa shape index (κ2) is 6.80. The van der Waals surface area contributed by atoms with Crippen LogP contribution >= 0.6 is 11.6 Å². The molecule has 96 valence electrons. The van der Waals surface area contributed by atoms with Crippen molar-refractivity contribution in [3.8, 4) is 5.75 Å². The first-order chi connectivity index (χ1) is 7.97. The highest BCUT2D eigenvalue weighted by molar-refractivity contribution is 7.89. The summed E-state index contributed by atoms with van der Waals surface area (Å²) in [6, 6.07) is 6.98. The molecule has 7 heteroatoms. The molecule has 0 aliphatic rings. The Hall–Kier alpha value is -0.820. The molecule has 2 N–H and O–H groups in total. The quantitative estimate of drug-likeness (QED) is 0.756. The lowest BCUT2D eigenvalue weighted by Crippen LogP contribution is -2.21. The maximum atomic E-state index is 10.6. The molecule has 0 aliphatic heterocycles. The van der Waals surface area contributed by atoms with Crippen LogP contribution in [0.1, 0.15) is 0 Å². The molecule has 17 heavy (non-hydrogen) atoms. The van der Waals surface area contributed by atoms with E-state index in [4.69, 9.17) is 26.2 Å². The van der Waals surface area contributed by atoms with E-state index in [1.807, 2.05) is 0 Å². The van der Waals surface area contributed by atoms with Gasteiger partial charge in [0.1, 0.15) is 12.4 Å². The summed E-state index contributed by atoms with van der Waals surface area (Å²) in [5.41, 5.74) is 0. The predicted molar refractivity (Wildman–Crippen MR) is 65.7 cm³/mol. The van der Waals surface area contributed by atoms with Gasteiger partial charge in [0.15, 0.2) is 0 Å². The second-order valence-corrected chi connectivity index (χ2v) is 5.46. The standard InChI is InChI=1S/C10H14ClNO4S/c11-9-2-1-3-10(8-9)16-5-4-15-6-7-17(12,13)14/h1-3,8H,4-7H2,(H2,12,13,14). The third-order valence-electron chi connectivity index (χ3n) is 1.80. The summed E-state index contributed by atoms with van der Waals surface area (Å²) < 4.78 is 31.5. The summed E-state index contributed by atoms with van der Waals surface area (Å²) in [6.07, 6.45) is 0. The molecule has 5 nitrogen and oxygen atoms in total.